The summed E-state index contributed by atoms with van der Waals surface area (Å²) in [7, 11) is 0. The zero-order valence-corrected chi connectivity index (χ0v) is 24.9. The van der Waals surface area contributed by atoms with Crippen molar-refractivity contribution in [3.05, 3.63) is 169 Å². The summed E-state index contributed by atoms with van der Waals surface area (Å²) in [6, 6.07) is 60.2. The van der Waals surface area contributed by atoms with Gasteiger partial charge in [0.15, 0.2) is 0 Å². The van der Waals surface area contributed by atoms with Crippen molar-refractivity contribution in [2.45, 2.75) is 0 Å². The van der Waals surface area contributed by atoms with Crippen LogP contribution in [0.25, 0.3) is 77.2 Å². The largest absolute Gasteiger partial charge is 0.309 e. The van der Waals surface area contributed by atoms with E-state index in [0.717, 1.165) is 44.7 Å². The maximum absolute atomic E-state index is 9.74. The Kier molecular flexibility index (Phi) is 5.88. The third kappa shape index (κ3) is 3.98. The molecule has 0 fully saturated rings. The monoisotopic (exact) mass is 585 g/mol. The average molecular weight is 586 g/mol. The van der Waals surface area contributed by atoms with E-state index in [2.05, 4.69) is 161 Å². The van der Waals surface area contributed by atoms with Gasteiger partial charge in [0.2, 0.25) is 0 Å². The van der Waals surface area contributed by atoms with Crippen LogP contribution in [0.5, 0.6) is 0 Å². The molecule has 0 aliphatic heterocycles. The van der Waals surface area contributed by atoms with Gasteiger partial charge in [0.05, 0.1) is 39.4 Å². The van der Waals surface area contributed by atoms with Crippen LogP contribution < -0.4 is 0 Å². The fraction of sp³-hybridized carbons (Fsp3) is 0. The van der Waals surface area contributed by atoms with Gasteiger partial charge < -0.3 is 9.13 Å². The van der Waals surface area contributed by atoms with Crippen LogP contribution in [0.2, 0.25) is 0 Å². The van der Waals surface area contributed by atoms with Crippen molar-refractivity contribution in [3.63, 3.8) is 0 Å². The minimum atomic E-state index is 0.645. The molecule has 0 unspecified atom stereocenters. The summed E-state index contributed by atoms with van der Waals surface area (Å²) in [5.41, 5.74) is 11.8. The third-order valence-electron chi connectivity index (χ3n) is 9.12. The van der Waals surface area contributed by atoms with Gasteiger partial charge in [0, 0.05) is 32.8 Å². The molecule has 46 heavy (non-hydrogen) atoms. The molecule has 0 aliphatic carbocycles. The lowest BCUT2D eigenvalue weighted by Crippen LogP contribution is -1.99. The Morgan fingerprint density at radius 2 is 0.891 bits per heavy atom. The molecule has 2 heterocycles. The first-order valence-corrected chi connectivity index (χ1v) is 15.5. The van der Waals surface area contributed by atoms with E-state index in [1.54, 1.807) is 0 Å². The molecular weight excluding hydrogens is 558 g/mol. The zero-order valence-electron chi connectivity index (χ0n) is 24.9. The Labute approximate surface area is 266 Å². The van der Waals surface area contributed by atoms with E-state index in [4.69, 9.17) is 0 Å². The number of hydrogen-bond acceptors (Lipinski definition) is 1. The molecule has 0 saturated heterocycles. The molecule has 0 atom stereocenters. The molecule has 3 nitrogen and oxygen atoms in total. The number of rotatable bonds is 4. The molecule has 0 amide bonds. The summed E-state index contributed by atoms with van der Waals surface area (Å²) in [6.07, 6.45) is 0. The van der Waals surface area contributed by atoms with Crippen LogP contribution in [0.1, 0.15) is 5.56 Å². The van der Waals surface area contributed by atoms with Gasteiger partial charge >= 0.3 is 0 Å². The highest BCUT2D eigenvalue weighted by atomic mass is 15.0. The standard InChI is InChI=1S/C43H27N3/c44-28-29-12-11-13-30(24-29)31-25-32(27-33(26-31)45-40-20-7-2-15-35(40)36-16-3-8-21-41(36)45)34-14-1-6-19-39(34)46-42-22-9-4-17-37(42)38-18-5-10-23-43(38)46/h1-27H. The predicted octanol–water partition coefficient (Wildman–Crippen LogP) is 11.1. The number of nitrogens with zero attached hydrogens (tertiary/aromatic N) is 3. The van der Waals surface area contributed by atoms with E-state index in [1.165, 1.54) is 32.6 Å². The number of hydrogen-bond donors (Lipinski definition) is 0. The van der Waals surface area contributed by atoms with E-state index in [9.17, 15) is 5.26 Å². The van der Waals surface area contributed by atoms with Crippen LogP contribution in [0, 0.1) is 11.3 Å². The summed E-state index contributed by atoms with van der Waals surface area (Å²) in [5, 5.41) is 14.7. The van der Waals surface area contributed by atoms with E-state index >= 15 is 0 Å². The first kappa shape index (κ1) is 26.1. The maximum atomic E-state index is 9.74. The summed E-state index contributed by atoms with van der Waals surface area (Å²) in [6.45, 7) is 0. The van der Waals surface area contributed by atoms with Crippen molar-refractivity contribution in [2.75, 3.05) is 0 Å². The van der Waals surface area contributed by atoms with Crippen LogP contribution in [0.3, 0.4) is 0 Å². The van der Waals surface area contributed by atoms with Gasteiger partial charge in [-0.1, -0.05) is 103 Å². The van der Waals surface area contributed by atoms with Crippen molar-refractivity contribution < 1.29 is 0 Å². The minimum Gasteiger partial charge on any atom is -0.309 e. The second-order valence-electron chi connectivity index (χ2n) is 11.7. The van der Waals surface area contributed by atoms with E-state index < -0.39 is 0 Å². The van der Waals surface area contributed by atoms with Crippen molar-refractivity contribution in [1.29, 1.82) is 5.26 Å². The van der Waals surface area contributed by atoms with Crippen LogP contribution in [0.4, 0.5) is 0 Å². The van der Waals surface area contributed by atoms with Gasteiger partial charge in [-0.15, -0.1) is 0 Å². The predicted molar refractivity (Wildman–Crippen MR) is 191 cm³/mol. The van der Waals surface area contributed by atoms with E-state index in [0.29, 0.717) is 5.56 Å². The second kappa shape index (κ2) is 10.4. The molecular formula is C43H27N3. The Hall–Kier alpha value is -6.37. The number of para-hydroxylation sites is 5. The minimum absolute atomic E-state index is 0.645. The summed E-state index contributed by atoms with van der Waals surface area (Å²) in [5.74, 6) is 0. The van der Waals surface area contributed by atoms with Crippen LogP contribution in [-0.4, -0.2) is 9.13 Å². The van der Waals surface area contributed by atoms with E-state index in [1.807, 2.05) is 18.2 Å². The van der Waals surface area contributed by atoms with Crippen molar-refractivity contribution in [1.82, 2.24) is 9.13 Å². The van der Waals surface area contributed by atoms with Crippen LogP contribution in [0.15, 0.2) is 164 Å². The first-order chi connectivity index (χ1) is 22.8. The molecule has 214 valence electrons. The van der Waals surface area contributed by atoms with Crippen LogP contribution in [-0.2, 0) is 0 Å². The Bertz CT molecular complexity index is 2560. The number of benzene rings is 7. The second-order valence-corrected chi connectivity index (χ2v) is 11.7. The van der Waals surface area contributed by atoms with Gasteiger partial charge in [-0.3, -0.25) is 0 Å². The summed E-state index contributed by atoms with van der Waals surface area (Å²) >= 11 is 0. The fourth-order valence-corrected chi connectivity index (χ4v) is 7.13. The summed E-state index contributed by atoms with van der Waals surface area (Å²) < 4.78 is 4.76. The molecule has 9 rings (SSSR count). The maximum Gasteiger partial charge on any atom is 0.0991 e. The quantitative estimate of drug-likeness (QED) is 0.202. The molecule has 9 aromatic rings. The van der Waals surface area contributed by atoms with Gasteiger partial charge in [0.25, 0.3) is 0 Å². The van der Waals surface area contributed by atoms with Crippen molar-refractivity contribution in [2.24, 2.45) is 0 Å². The van der Waals surface area contributed by atoms with E-state index in [-0.39, 0.29) is 0 Å². The number of nitriles is 1. The lowest BCUT2D eigenvalue weighted by atomic mass is 9.96. The smallest absolute Gasteiger partial charge is 0.0991 e. The molecule has 7 aromatic carbocycles. The SMILES string of the molecule is N#Cc1cccc(-c2cc(-c3ccccc3-n3c4ccccc4c4ccccc43)cc(-n3c4ccccc4c4ccccc43)c2)c1. The molecule has 0 aliphatic rings. The fourth-order valence-electron chi connectivity index (χ4n) is 7.13. The highest BCUT2D eigenvalue weighted by Crippen LogP contribution is 2.40. The highest BCUT2D eigenvalue weighted by molar-refractivity contribution is 6.10. The average Bonchev–Trinajstić information content (AvgIpc) is 3.65. The van der Waals surface area contributed by atoms with Gasteiger partial charge in [0.1, 0.15) is 0 Å². The molecule has 0 N–H and O–H groups in total. The lowest BCUT2D eigenvalue weighted by molar-refractivity contribution is 1.17. The molecule has 0 bridgehead atoms. The van der Waals surface area contributed by atoms with Crippen molar-refractivity contribution >= 4 is 43.6 Å². The Morgan fingerprint density at radius 1 is 0.391 bits per heavy atom. The Morgan fingerprint density at radius 3 is 1.48 bits per heavy atom. The number of aromatic nitrogens is 2. The first-order valence-electron chi connectivity index (χ1n) is 15.5. The molecule has 3 heteroatoms. The molecule has 2 aromatic heterocycles. The molecule has 0 spiro atoms. The third-order valence-corrected chi connectivity index (χ3v) is 9.12. The van der Waals surface area contributed by atoms with Gasteiger partial charge in [-0.25, -0.2) is 0 Å². The topological polar surface area (TPSA) is 33.6 Å². The zero-order chi connectivity index (χ0) is 30.6. The number of fused-ring (bicyclic) bond motifs is 6. The van der Waals surface area contributed by atoms with Crippen molar-refractivity contribution in [3.8, 4) is 39.7 Å². The lowest BCUT2D eigenvalue weighted by Gasteiger charge is -2.17. The van der Waals surface area contributed by atoms with Gasteiger partial charge in [-0.2, -0.15) is 5.26 Å². The normalized spacial score (nSPS) is 11.5. The highest BCUT2D eigenvalue weighted by Gasteiger charge is 2.18. The molecule has 0 saturated carbocycles. The Balaban J connectivity index is 1.37. The van der Waals surface area contributed by atoms with Crippen LogP contribution >= 0.6 is 0 Å². The van der Waals surface area contributed by atoms with Gasteiger partial charge in [-0.05, 0) is 77.4 Å². The summed E-state index contributed by atoms with van der Waals surface area (Å²) in [4.78, 5) is 0. The molecule has 0 radical (unpaired) electrons.